The molecule has 1 aliphatic rings. The molecule has 0 bridgehead atoms. The van der Waals surface area contributed by atoms with Gasteiger partial charge in [-0.25, -0.2) is 0 Å². The standard InChI is InChI=1S/C17H19ClN2O/c1-11-3-6-16(15(18)7-11)21-17-8-12(2)19-9-13(17)10-20-14-4-5-14/h3,6-9,14,20H,4-5,10H2,1-2H3. The first-order valence-electron chi connectivity index (χ1n) is 7.25. The molecule has 0 saturated heterocycles. The average molecular weight is 303 g/mol. The molecule has 1 saturated carbocycles. The van der Waals surface area contributed by atoms with Gasteiger partial charge < -0.3 is 10.1 Å². The van der Waals surface area contributed by atoms with Gasteiger partial charge >= 0.3 is 0 Å². The summed E-state index contributed by atoms with van der Waals surface area (Å²) in [7, 11) is 0. The van der Waals surface area contributed by atoms with Gasteiger partial charge in [-0.2, -0.15) is 0 Å². The van der Waals surface area contributed by atoms with Crippen LogP contribution in [0.4, 0.5) is 0 Å². The Morgan fingerprint density at radius 1 is 1.24 bits per heavy atom. The Hall–Kier alpha value is -1.58. The summed E-state index contributed by atoms with van der Waals surface area (Å²) in [4.78, 5) is 4.36. The third-order valence-electron chi connectivity index (χ3n) is 3.55. The molecule has 2 aromatic rings. The van der Waals surface area contributed by atoms with Gasteiger partial charge in [0.05, 0.1) is 5.02 Å². The number of ether oxygens (including phenoxy) is 1. The fourth-order valence-electron chi connectivity index (χ4n) is 2.14. The Bertz CT molecular complexity index is 653. The number of benzene rings is 1. The van der Waals surface area contributed by atoms with Crippen LogP contribution < -0.4 is 10.1 Å². The molecule has 0 amide bonds. The molecule has 0 atom stereocenters. The van der Waals surface area contributed by atoms with Gasteiger partial charge in [0.1, 0.15) is 11.5 Å². The number of rotatable bonds is 5. The zero-order valence-electron chi connectivity index (χ0n) is 12.3. The van der Waals surface area contributed by atoms with E-state index in [0.29, 0.717) is 16.8 Å². The highest BCUT2D eigenvalue weighted by atomic mass is 35.5. The summed E-state index contributed by atoms with van der Waals surface area (Å²) in [5.74, 6) is 1.50. The summed E-state index contributed by atoms with van der Waals surface area (Å²) in [6.07, 6.45) is 4.40. The molecular formula is C17H19ClN2O. The molecule has 1 aromatic heterocycles. The third kappa shape index (κ3) is 3.74. The number of aromatic nitrogens is 1. The highest BCUT2D eigenvalue weighted by Gasteiger charge is 2.21. The highest BCUT2D eigenvalue weighted by Crippen LogP contribution is 2.32. The fraction of sp³-hybridized carbons (Fsp3) is 0.353. The molecule has 1 aliphatic carbocycles. The van der Waals surface area contributed by atoms with E-state index >= 15 is 0 Å². The minimum atomic E-state index is 0.630. The van der Waals surface area contributed by atoms with Crippen molar-refractivity contribution in [1.29, 1.82) is 0 Å². The number of pyridine rings is 1. The van der Waals surface area contributed by atoms with Crippen molar-refractivity contribution in [2.75, 3.05) is 0 Å². The van der Waals surface area contributed by atoms with Crippen molar-refractivity contribution < 1.29 is 4.74 Å². The summed E-state index contributed by atoms with van der Waals surface area (Å²) in [6.45, 7) is 4.75. The Labute approximate surface area is 130 Å². The molecular weight excluding hydrogens is 284 g/mol. The molecule has 1 aromatic carbocycles. The molecule has 0 radical (unpaired) electrons. The summed E-state index contributed by atoms with van der Waals surface area (Å²) in [5, 5.41) is 4.12. The first-order valence-corrected chi connectivity index (χ1v) is 7.62. The maximum Gasteiger partial charge on any atom is 0.146 e. The first kappa shape index (κ1) is 14.4. The van der Waals surface area contributed by atoms with Crippen molar-refractivity contribution in [2.24, 2.45) is 0 Å². The quantitative estimate of drug-likeness (QED) is 0.889. The molecule has 1 heterocycles. The van der Waals surface area contributed by atoms with Crippen LogP contribution in [0, 0.1) is 13.8 Å². The molecule has 3 nitrogen and oxygen atoms in total. The van der Waals surface area contributed by atoms with Gasteiger partial charge in [-0.1, -0.05) is 17.7 Å². The van der Waals surface area contributed by atoms with Crippen molar-refractivity contribution in [3.63, 3.8) is 0 Å². The molecule has 1 N–H and O–H groups in total. The smallest absolute Gasteiger partial charge is 0.146 e. The Kier molecular flexibility index (Phi) is 4.13. The zero-order chi connectivity index (χ0) is 14.8. The number of nitrogens with zero attached hydrogens (tertiary/aromatic N) is 1. The predicted molar refractivity (Wildman–Crippen MR) is 85.1 cm³/mol. The van der Waals surface area contributed by atoms with Gasteiger partial charge in [-0.3, -0.25) is 4.98 Å². The first-order chi connectivity index (χ1) is 10.1. The summed E-state index contributed by atoms with van der Waals surface area (Å²) < 4.78 is 6.02. The summed E-state index contributed by atoms with van der Waals surface area (Å²) >= 11 is 6.25. The number of aryl methyl sites for hydroxylation is 2. The second kappa shape index (κ2) is 6.04. The van der Waals surface area contributed by atoms with Crippen LogP contribution in [0.25, 0.3) is 0 Å². The monoisotopic (exact) mass is 302 g/mol. The van der Waals surface area contributed by atoms with Gasteiger partial charge in [0.25, 0.3) is 0 Å². The van der Waals surface area contributed by atoms with Crippen LogP contribution in [0.1, 0.15) is 29.7 Å². The zero-order valence-corrected chi connectivity index (χ0v) is 13.1. The number of halogens is 1. The maximum absolute atomic E-state index is 6.25. The minimum absolute atomic E-state index is 0.630. The molecule has 4 heteroatoms. The van der Waals surface area contributed by atoms with E-state index in [1.54, 1.807) is 0 Å². The minimum Gasteiger partial charge on any atom is -0.455 e. The second-order valence-corrected chi connectivity index (χ2v) is 6.03. The average Bonchev–Trinajstić information content (AvgIpc) is 3.25. The highest BCUT2D eigenvalue weighted by molar-refractivity contribution is 6.32. The Morgan fingerprint density at radius 3 is 2.76 bits per heavy atom. The Morgan fingerprint density at radius 2 is 2.05 bits per heavy atom. The van der Waals surface area contributed by atoms with Crippen LogP contribution in [0.2, 0.25) is 5.02 Å². The number of hydrogen-bond donors (Lipinski definition) is 1. The topological polar surface area (TPSA) is 34.1 Å². The summed E-state index contributed by atoms with van der Waals surface area (Å²) in [6, 6.07) is 8.43. The van der Waals surface area contributed by atoms with Crippen LogP contribution in [0.5, 0.6) is 11.5 Å². The summed E-state index contributed by atoms with van der Waals surface area (Å²) in [5.41, 5.74) is 3.11. The van der Waals surface area contributed by atoms with Crippen LogP contribution in [-0.4, -0.2) is 11.0 Å². The lowest BCUT2D eigenvalue weighted by atomic mass is 10.2. The molecule has 0 aliphatic heterocycles. The van der Waals surface area contributed by atoms with E-state index in [1.807, 2.05) is 44.3 Å². The van der Waals surface area contributed by atoms with Crippen LogP contribution in [0.15, 0.2) is 30.5 Å². The van der Waals surface area contributed by atoms with Crippen molar-refractivity contribution in [3.8, 4) is 11.5 Å². The molecule has 0 unspecified atom stereocenters. The molecule has 110 valence electrons. The van der Waals surface area contributed by atoms with Crippen LogP contribution >= 0.6 is 11.6 Å². The van der Waals surface area contributed by atoms with Crippen molar-refractivity contribution in [1.82, 2.24) is 10.3 Å². The molecule has 1 fully saturated rings. The fourth-order valence-corrected chi connectivity index (χ4v) is 2.41. The van der Waals surface area contributed by atoms with Crippen LogP contribution in [0.3, 0.4) is 0 Å². The number of nitrogens with one attached hydrogen (secondary N) is 1. The van der Waals surface area contributed by atoms with Crippen molar-refractivity contribution >= 4 is 11.6 Å². The largest absolute Gasteiger partial charge is 0.455 e. The van der Waals surface area contributed by atoms with E-state index in [4.69, 9.17) is 16.3 Å². The lowest BCUT2D eigenvalue weighted by molar-refractivity contribution is 0.471. The van der Waals surface area contributed by atoms with E-state index < -0.39 is 0 Å². The predicted octanol–water partition coefficient (Wildman–Crippen LogP) is 4.40. The van der Waals surface area contributed by atoms with Crippen molar-refractivity contribution in [3.05, 3.63) is 52.3 Å². The maximum atomic E-state index is 6.25. The molecule has 3 rings (SSSR count). The van der Waals surface area contributed by atoms with Gasteiger partial charge in [0, 0.05) is 36.1 Å². The molecule has 21 heavy (non-hydrogen) atoms. The number of hydrogen-bond acceptors (Lipinski definition) is 3. The Balaban J connectivity index is 1.83. The van der Waals surface area contributed by atoms with E-state index in [2.05, 4.69) is 10.3 Å². The molecule has 0 spiro atoms. The van der Waals surface area contributed by atoms with E-state index in [0.717, 1.165) is 29.1 Å². The normalized spacial score (nSPS) is 14.2. The SMILES string of the molecule is Cc1ccc(Oc2cc(C)ncc2CNC2CC2)c(Cl)c1. The van der Waals surface area contributed by atoms with Crippen molar-refractivity contribution in [2.45, 2.75) is 39.3 Å². The van der Waals surface area contributed by atoms with E-state index in [9.17, 15) is 0 Å². The van der Waals surface area contributed by atoms with Gasteiger partial charge in [0.2, 0.25) is 0 Å². The van der Waals surface area contributed by atoms with Crippen LogP contribution in [-0.2, 0) is 6.54 Å². The second-order valence-electron chi connectivity index (χ2n) is 5.62. The lowest BCUT2D eigenvalue weighted by Crippen LogP contribution is -2.16. The van der Waals surface area contributed by atoms with E-state index in [-0.39, 0.29) is 0 Å². The lowest BCUT2D eigenvalue weighted by Gasteiger charge is -2.13. The van der Waals surface area contributed by atoms with Gasteiger partial charge in [0.15, 0.2) is 0 Å². The third-order valence-corrected chi connectivity index (χ3v) is 3.84. The van der Waals surface area contributed by atoms with Gasteiger partial charge in [-0.05, 0) is 44.4 Å². The van der Waals surface area contributed by atoms with Gasteiger partial charge in [-0.15, -0.1) is 0 Å². The van der Waals surface area contributed by atoms with E-state index in [1.165, 1.54) is 12.8 Å².